The summed E-state index contributed by atoms with van der Waals surface area (Å²) in [5.74, 6) is -0.724. The maximum atomic E-state index is 10.6. The fourth-order valence-corrected chi connectivity index (χ4v) is 1.04. The number of aldehydes is 1. The van der Waals surface area contributed by atoms with Gasteiger partial charge in [-0.2, -0.15) is 0 Å². The first-order chi connectivity index (χ1) is 6.13. The van der Waals surface area contributed by atoms with Crippen molar-refractivity contribution < 1.29 is 9.59 Å². The second kappa shape index (κ2) is 4.25. The number of nitrogens with one attached hydrogen (secondary N) is 1. The fraction of sp³-hybridized carbons (Fsp3) is 0. The molecular weight excluding hydrogens is 213 g/mol. The number of benzene rings is 1. The van der Waals surface area contributed by atoms with Crippen LogP contribution in [0.1, 0.15) is 0 Å². The van der Waals surface area contributed by atoms with Crippen LogP contribution in [-0.2, 0) is 9.59 Å². The van der Waals surface area contributed by atoms with E-state index in [2.05, 4.69) is 5.32 Å². The van der Waals surface area contributed by atoms with Gasteiger partial charge in [0.25, 0.3) is 5.91 Å². The quantitative estimate of drug-likeness (QED) is 0.610. The summed E-state index contributed by atoms with van der Waals surface area (Å²) in [5.41, 5.74) is 0.437. The lowest BCUT2D eigenvalue weighted by molar-refractivity contribution is -0.127. The first kappa shape index (κ1) is 10.0. The third kappa shape index (κ3) is 2.72. The SMILES string of the molecule is O=CC(=O)Nc1ccc(Cl)c(Cl)c1. The zero-order chi connectivity index (χ0) is 9.84. The Hall–Kier alpha value is -1.06. The summed E-state index contributed by atoms with van der Waals surface area (Å²) >= 11 is 11.3. The van der Waals surface area contributed by atoms with Crippen LogP contribution in [-0.4, -0.2) is 12.2 Å². The molecule has 0 radical (unpaired) electrons. The Morgan fingerprint density at radius 2 is 2.00 bits per heavy atom. The van der Waals surface area contributed by atoms with Crippen molar-refractivity contribution in [3.63, 3.8) is 0 Å². The van der Waals surface area contributed by atoms with Gasteiger partial charge in [0, 0.05) is 5.69 Å². The van der Waals surface area contributed by atoms with Gasteiger partial charge in [-0.3, -0.25) is 9.59 Å². The van der Waals surface area contributed by atoms with Crippen LogP contribution in [0.3, 0.4) is 0 Å². The van der Waals surface area contributed by atoms with Gasteiger partial charge in [0.05, 0.1) is 10.0 Å². The molecule has 0 aliphatic heterocycles. The minimum atomic E-state index is -0.724. The number of hydrogen-bond acceptors (Lipinski definition) is 2. The normalized spacial score (nSPS) is 9.38. The number of anilines is 1. The first-order valence-corrected chi connectivity index (χ1v) is 4.10. The zero-order valence-corrected chi connectivity index (χ0v) is 7.89. The smallest absolute Gasteiger partial charge is 0.288 e. The van der Waals surface area contributed by atoms with Gasteiger partial charge in [0.2, 0.25) is 6.29 Å². The van der Waals surface area contributed by atoms with Crippen LogP contribution in [0.5, 0.6) is 0 Å². The molecule has 1 rings (SSSR count). The van der Waals surface area contributed by atoms with Gasteiger partial charge in [-0.05, 0) is 18.2 Å². The van der Waals surface area contributed by atoms with Gasteiger partial charge in [-0.1, -0.05) is 23.2 Å². The molecule has 1 aromatic rings. The largest absolute Gasteiger partial charge is 0.320 e. The molecule has 0 bridgehead atoms. The Morgan fingerprint density at radius 1 is 1.31 bits per heavy atom. The van der Waals surface area contributed by atoms with E-state index in [0.717, 1.165) is 0 Å². The number of rotatable bonds is 2. The van der Waals surface area contributed by atoms with Crippen LogP contribution >= 0.6 is 23.2 Å². The predicted octanol–water partition coefficient (Wildman–Crippen LogP) is 2.13. The molecule has 3 nitrogen and oxygen atoms in total. The molecule has 0 atom stereocenters. The van der Waals surface area contributed by atoms with E-state index in [-0.39, 0.29) is 6.29 Å². The number of carbonyl (C=O) groups excluding carboxylic acids is 2. The highest BCUT2D eigenvalue weighted by Crippen LogP contribution is 2.24. The molecule has 0 spiro atoms. The Labute approximate surface area is 84.6 Å². The van der Waals surface area contributed by atoms with Crippen molar-refractivity contribution in [2.45, 2.75) is 0 Å². The monoisotopic (exact) mass is 217 g/mol. The Kier molecular flexibility index (Phi) is 3.28. The van der Waals surface area contributed by atoms with Crippen molar-refractivity contribution in [2.75, 3.05) is 5.32 Å². The summed E-state index contributed by atoms with van der Waals surface area (Å²) in [7, 11) is 0. The van der Waals surface area contributed by atoms with Gasteiger partial charge >= 0.3 is 0 Å². The molecule has 0 heterocycles. The molecule has 0 aliphatic rings. The highest BCUT2D eigenvalue weighted by atomic mass is 35.5. The average Bonchev–Trinajstić information content (AvgIpc) is 2.11. The molecule has 0 saturated carbocycles. The van der Waals surface area contributed by atoms with E-state index in [9.17, 15) is 9.59 Å². The van der Waals surface area contributed by atoms with Crippen LogP contribution in [0, 0.1) is 0 Å². The minimum absolute atomic E-state index is 0.183. The van der Waals surface area contributed by atoms with Crippen LogP contribution in [0.25, 0.3) is 0 Å². The predicted molar refractivity (Wildman–Crippen MR) is 51.2 cm³/mol. The number of halogens is 2. The molecule has 0 fully saturated rings. The van der Waals surface area contributed by atoms with E-state index >= 15 is 0 Å². The van der Waals surface area contributed by atoms with Crippen molar-refractivity contribution in [2.24, 2.45) is 0 Å². The van der Waals surface area contributed by atoms with Crippen LogP contribution in [0.2, 0.25) is 10.0 Å². The molecule has 1 N–H and O–H groups in total. The van der Waals surface area contributed by atoms with Crippen molar-refractivity contribution in [1.82, 2.24) is 0 Å². The molecule has 5 heteroatoms. The summed E-state index contributed by atoms with van der Waals surface area (Å²) in [4.78, 5) is 20.6. The second-order valence-corrected chi connectivity index (χ2v) is 3.05. The van der Waals surface area contributed by atoms with Gasteiger partial charge < -0.3 is 5.32 Å². The maximum Gasteiger partial charge on any atom is 0.288 e. The standard InChI is InChI=1S/C8H5Cl2NO2/c9-6-2-1-5(3-7(6)10)11-8(13)4-12/h1-4H,(H,11,13). The van der Waals surface area contributed by atoms with E-state index in [1.807, 2.05) is 0 Å². The van der Waals surface area contributed by atoms with Gasteiger partial charge in [-0.15, -0.1) is 0 Å². The van der Waals surface area contributed by atoms with Crippen LogP contribution in [0.4, 0.5) is 5.69 Å². The van der Waals surface area contributed by atoms with Crippen molar-refractivity contribution in [1.29, 1.82) is 0 Å². The maximum absolute atomic E-state index is 10.6. The van der Waals surface area contributed by atoms with Crippen LogP contribution < -0.4 is 5.32 Å². The van der Waals surface area contributed by atoms with Gasteiger partial charge in [-0.25, -0.2) is 0 Å². The third-order valence-corrected chi connectivity index (χ3v) is 2.03. The van der Waals surface area contributed by atoms with E-state index < -0.39 is 5.91 Å². The molecule has 13 heavy (non-hydrogen) atoms. The summed E-state index contributed by atoms with van der Waals surface area (Å²) < 4.78 is 0. The average molecular weight is 218 g/mol. The summed E-state index contributed by atoms with van der Waals surface area (Å²) in [6.07, 6.45) is 0.183. The molecule has 0 aromatic heterocycles. The van der Waals surface area contributed by atoms with Crippen molar-refractivity contribution >= 4 is 41.1 Å². The lowest BCUT2D eigenvalue weighted by atomic mass is 10.3. The highest BCUT2D eigenvalue weighted by Gasteiger charge is 2.02. The Bertz CT molecular complexity index is 352. The zero-order valence-electron chi connectivity index (χ0n) is 6.38. The van der Waals surface area contributed by atoms with Gasteiger partial charge in [0.1, 0.15) is 0 Å². The summed E-state index contributed by atoms with van der Waals surface area (Å²) in [6, 6.07) is 4.55. The first-order valence-electron chi connectivity index (χ1n) is 3.34. The molecule has 0 unspecified atom stereocenters. The number of carbonyl (C=O) groups is 2. The summed E-state index contributed by atoms with van der Waals surface area (Å²) in [6.45, 7) is 0. The lowest BCUT2D eigenvalue weighted by Gasteiger charge is -2.01. The second-order valence-electron chi connectivity index (χ2n) is 2.24. The Balaban J connectivity index is 2.85. The molecule has 0 aliphatic carbocycles. The minimum Gasteiger partial charge on any atom is -0.320 e. The molecule has 1 amide bonds. The van der Waals surface area contributed by atoms with E-state index in [4.69, 9.17) is 23.2 Å². The number of amides is 1. The fourth-order valence-electron chi connectivity index (χ4n) is 0.746. The van der Waals surface area contributed by atoms with Crippen LogP contribution in [0.15, 0.2) is 18.2 Å². The van der Waals surface area contributed by atoms with E-state index in [1.165, 1.54) is 12.1 Å². The molecule has 68 valence electrons. The van der Waals surface area contributed by atoms with Crippen molar-refractivity contribution in [3.8, 4) is 0 Å². The third-order valence-electron chi connectivity index (χ3n) is 1.29. The van der Waals surface area contributed by atoms with Gasteiger partial charge in [0.15, 0.2) is 0 Å². The van der Waals surface area contributed by atoms with E-state index in [0.29, 0.717) is 15.7 Å². The van der Waals surface area contributed by atoms with Crippen molar-refractivity contribution in [3.05, 3.63) is 28.2 Å². The molecule has 1 aromatic carbocycles. The molecule has 0 saturated heterocycles. The summed E-state index contributed by atoms with van der Waals surface area (Å²) in [5, 5.41) is 3.03. The topological polar surface area (TPSA) is 46.2 Å². The molecular formula is C8H5Cl2NO2. The highest BCUT2D eigenvalue weighted by molar-refractivity contribution is 6.42. The van der Waals surface area contributed by atoms with E-state index in [1.54, 1.807) is 6.07 Å². The Morgan fingerprint density at radius 3 is 2.54 bits per heavy atom. The lowest BCUT2D eigenvalue weighted by Crippen LogP contribution is -2.11. The number of hydrogen-bond donors (Lipinski definition) is 1.